The number of hydrogen-bond donors (Lipinski definition) is 1. The summed E-state index contributed by atoms with van der Waals surface area (Å²) in [6.07, 6.45) is 3.52. The Morgan fingerprint density at radius 2 is 1.92 bits per heavy atom. The Morgan fingerprint density at radius 3 is 2.33 bits per heavy atom. The van der Waals surface area contributed by atoms with E-state index >= 15 is 0 Å². The molecular weight excluding hydrogens is 273 g/mol. The van der Waals surface area contributed by atoms with Crippen molar-refractivity contribution in [3.63, 3.8) is 0 Å². The van der Waals surface area contributed by atoms with Gasteiger partial charge in [0, 0.05) is 0 Å². The summed E-state index contributed by atoms with van der Waals surface area (Å²) in [5, 5.41) is 9.71. The van der Waals surface area contributed by atoms with Crippen LogP contribution in [0.2, 0.25) is 0 Å². The maximum Gasteiger partial charge on any atom is 2.00 e. The average Bonchev–Trinajstić information content (AvgIpc) is 1.85. The third-order valence-electron chi connectivity index (χ3n) is 2.99. The van der Waals surface area contributed by atoms with E-state index in [1.54, 1.807) is 0 Å². The molecule has 0 radical (unpaired) electrons. The molecule has 0 aliphatic heterocycles. The first kappa shape index (κ1) is 13.5. The van der Waals surface area contributed by atoms with E-state index in [1.807, 2.05) is 0 Å². The van der Waals surface area contributed by atoms with Crippen molar-refractivity contribution >= 4 is 48.9 Å². The molecule has 1 N–H and O–H groups in total. The Morgan fingerprint density at radius 1 is 1.33 bits per heavy atom. The van der Waals surface area contributed by atoms with E-state index in [9.17, 15) is 5.11 Å². The summed E-state index contributed by atoms with van der Waals surface area (Å²) in [7, 11) is 0. The third kappa shape index (κ3) is 3.72. The van der Waals surface area contributed by atoms with Crippen LogP contribution >= 0.6 is 0 Å². The first-order valence-electron chi connectivity index (χ1n) is 4.79. The maximum absolute atomic E-state index is 9.71. The van der Waals surface area contributed by atoms with Gasteiger partial charge < -0.3 is 7.96 Å². The quantitative estimate of drug-likeness (QED) is 0.736. The van der Waals surface area contributed by atoms with Gasteiger partial charge in [-0.3, -0.25) is 0 Å². The molecule has 3 unspecified atom stereocenters. The molecule has 0 aromatic heterocycles. The Hall–Kier alpha value is 1.53. The zero-order valence-corrected chi connectivity index (χ0v) is 13.0. The van der Waals surface area contributed by atoms with Gasteiger partial charge in [0.25, 0.3) is 0 Å². The van der Waals surface area contributed by atoms with Gasteiger partial charge in [-0.15, -0.1) is 0 Å². The second-order valence-corrected chi connectivity index (χ2v) is 4.39. The maximum atomic E-state index is 9.71. The smallest absolute Gasteiger partial charge is 1.00 e. The molecule has 0 saturated heterocycles. The minimum Gasteiger partial charge on any atom is -1.00 e. The van der Waals surface area contributed by atoms with Crippen LogP contribution in [-0.2, 0) is 0 Å². The molecule has 0 bridgehead atoms. The van der Waals surface area contributed by atoms with E-state index in [0.717, 1.165) is 12.3 Å². The monoisotopic (exact) mass is 296 g/mol. The summed E-state index contributed by atoms with van der Waals surface area (Å²) < 4.78 is 0. The predicted molar refractivity (Wildman–Crippen MR) is 55.3 cm³/mol. The second kappa shape index (κ2) is 6.10. The largest absolute Gasteiger partial charge is 2.00 e. The van der Waals surface area contributed by atoms with Gasteiger partial charge in [0.05, 0.1) is 6.10 Å². The van der Waals surface area contributed by atoms with Crippen LogP contribution in [0, 0.1) is 17.8 Å². The molecule has 1 aliphatic carbocycles. The van der Waals surface area contributed by atoms with Gasteiger partial charge in [0.2, 0.25) is 0 Å². The van der Waals surface area contributed by atoms with Crippen molar-refractivity contribution < 1.29 is 7.96 Å². The van der Waals surface area contributed by atoms with Gasteiger partial charge in [-0.2, -0.15) is 0 Å². The van der Waals surface area contributed by atoms with Crippen LogP contribution < -0.4 is 0 Å². The van der Waals surface area contributed by atoms with Crippen molar-refractivity contribution in [3.05, 3.63) is 0 Å². The van der Waals surface area contributed by atoms with Crippen LogP contribution in [0.4, 0.5) is 0 Å². The van der Waals surface area contributed by atoms with E-state index in [-0.39, 0.29) is 57.8 Å². The van der Waals surface area contributed by atoms with Gasteiger partial charge in [-0.05, 0) is 30.6 Å². The Bertz CT molecular complexity index is 133. The predicted octanol–water partition coefficient (Wildman–Crippen LogP) is 2.28. The Balaban J connectivity index is -0.000000403. The molecule has 0 aromatic carbocycles. The number of hydrogen-bond acceptors (Lipinski definition) is 1. The number of aliphatic hydroxyl groups excluding tert-OH is 1. The minimum absolute atomic E-state index is 0. The fraction of sp³-hybridized carbons (Fsp3) is 1.00. The van der Waals surface area contributed by atoms with E-state index in [4.69, 9.17) is 0 Å². The molecule has 1 aliphatic rings. The van der Waals surface area contributed by atoms with Crippen molar-refractivity contribution in [2.24, 2.45) is 17.8 Å². The van der Waals surface area contributed by atoms with E-state index in [2.05, 4.69) is 20.8 Å². The summed E-state index contributed by atoms with van der Waals surface area (Å²) >= 11 is 0. The summed E-state index contributed by atoms with van der Waals surface area (Å²) in [4.78, 5) is 0. The van der Waals surface area contributed by atoms with Crippen molar-refractivity contribution in [2.45, 2.75) is 46.1 Å². The molecule has 1 nitrogen and oxygen atoms in total. The summed E-state index contributed by atoms with van der Waals surface area (Å²) in [6.45, 7) is 6.66. The molecule has 12 heavy (non-hydrogen) atoms. The molecular formula is C10H22BaO. The van der Waals surface area contributed by atoms with Crippen LogP contribution in [0.25, 0.3) is 0 Å². The topological polar surface area (TPSA) is 20.2 Å². The van der Waals surface area contributed by atoms with Gasteiger partial charge >= 0.3 is 48.9 Å². The van der Waals surface area contributed by atoms with Gasteiger partial charge in [-0.25, -0.2) is 0 Å². The Labute approximate surface area is 119 Å². The van der Waals surface area contributed by atoms with Crippen molar-refractivity contribution in [2.75, 3.05) is 0 Å². The fourth-order valence-corrected chi connectivity index (χ4v) is 2.15. The van der Waals surface area contributed by atoms with Crippen LogP contribution in [-0.4, -0.2) is 60.1 Å². The number of aliphatic hydroxyl groups is 1. The summed E-state index contributed by atoms with van der Waals surface area (Å²) in [6, 6.07) is 0. The van der Waals surface area contributed by atoms with Crippen molar-refractivity contribution in [3.8, 4) is 0 Å². The van der Waals surface area contributed by atoms with Crippen LogP contribution in [0.5, 0.6) is 0 Å². The van der Waals surface area contributed by atoms with Crippen LogP contribution in [0.1, 0.15) is 42.9 Å². The fourth-order valence-electron chi connectivity index (χ4n) is 2.15. The molecule has 0 aromatic rings. The standard InChI is InChI=1S/C10H20O.Ba.2H/c1-7(2)9-5-4-8(3)6-10(9)11;;;/h7-11H,4-6H2,1-3H3;;;/q;+2;2*-1. The summed E-state index contributed by atoms with van der Waals surface area (Å²) in [5.41, 5.74) is 0. The zero-order chi connectivity index (χ0) is 8.43. The van der Waals surface area contributed by atoms with E-state index in [0.29, 0.717) is 11.8 Å². The molecule has 2 heteroatoms. The second-order valence-electron chi connectivity index (χ2n) is 4.39. The number of rotatable bonds is 1. The first-order chi connectivity index (χ1) is 5.11. The molecule has 0 amide bonds. The molecule has 0 heterocycles. The summed E-state index contributed by atoms with van der Waals surface area (Å²) in [5.74, 6) is 1.95. The Kier molecular flexibility index (Phi) is 6.88. The van der Waals surface area contributed by atoms with Crippen molar-refractivity contribution in [1.29, 1.82) is 0 Å². The third-order valence-corrected chi connectivity index (χ3v) is 2.99. The molecule has 70 valence electrons. The molecule has 3 atom stereocenters. The van der Waals surface area contributed by atoms with E-state index < -0.39 is 0 Å². The van der Waals surface area contributed by atoms with E-state index in [1.165, 1.54) is 12.8 Å². The zero-order valence-electron chi connectivity index (χ0n) is 10.6. The molecule has 0 spiro atoms. The molecule has 1 rings (SSSR count). The SMILES string of the molecule is CC1CCC(C(C)C)C(O)C1.[Ba+2].[H-].[H-]. The van der Waals surface area contributed by atoms with Crippen LogP contribution in [0.3, 0.4) is 0 Å². The van der Waals surface area contributed by atoms with Gasteiger partial charge in [0.15, 0.2) is 0 Å². The molecule has 1 fully saturated rings. The molecule has 1 saturated carbocycles. The minimum atomic E-state index is -0.0289. The first-order valence-corrected chi connectivity index (χ1v) is 4.79. The average molecular weight is 296 g/mol. The van der Waals surface area contributed by atoms with Gasteiger partial charge in [0.1, 0.15) is 0 Å². The van der Waals surface area contributed by atoms with Gasteiger partial charge in [-0.1, -0.05) is 27.2 Å². The van der Waals surface area contributed by atoms with Crippen molar-refractivity contribution in [1.82, 2.24) is 0 Å². The normalized spacial score (nSPS) is 36.2. The van der Waals surface area contributed by atoms with Crippen LogP contribution in [0.15, 0.2) is 0 Å².